The Morgan fingerprint density at radius 1 is 1.83 bits per heavy atom. The molecule has 0 aliphatic carbocycles. The van der Waals surface area contributed by atoms with Gasteiger partial charge in [0.05, 0.1) is 0 Å². The summed E-state index contributed by atoms with van der Waals surface area (Å²) in [6, 6.07) is 0. The third-order valence-corrected chi connectivity index (χ3v) is 0.471. The molecule has 3 heteroatoms. The topological polar surface area (TPSA) is 38.9 Å². The van der Waals surface area contributed by atoms with E-state index in [1.54, 1.807) is 6.92 Å². The van der Waals surface area contributed by atoms with Gasteiger partial charge in [-0.25, -0.2) is 0 Å². The lowest BCUT2D eigenvalue weighted by molar-refractivity contribution is 0.412. The lowest BCUT2D eigenvalue weighted by Crippen LogP contribution is -1.66. The molecule has 0 spiro atoms. The Kier molecular flexibility index (Phi) is 0.602. The van der Waals surface area contributed by atoms with Crippen molar-refractivity contribution < 1.29 is 4.52 Å². The zero-order chi connectivity index (χ0) is 4.41. The highest BCUT2D eigenvalue weighted by molar-refractivity contribution is 4.67. The van der Waals surface area contributed by atoms with Crippen molar-refractivity contribution in [2.45, 2.75) is 6.92 Å². The molecule has 0 unspecified atom stereocenters. The molecule has 0 N–H and O–H groups in total. The smallest absolute Gasteiger partial charge is 0.213 e. The molecular weight excluding hydrogens is 80.0 g/mol. The van der Waals surface area contributed by atoms with Crippen molar-refractivity contribution in [2.75, 3.05) is 0 Å². The molecule has 0 saturated heterocycles. The standard InChI is InChI=1S/C3H4N2O/c1-3-4-2-6-5-3/h2H,1H3. The van der Waals surface area contributed by atoms with Crippen molar-refractivity contribution in [3.8, 4) is 0 Å². The number of hydrogen-bond donors (Lipinski definition) is 0. The first-order valence-electron chi connectivity index (χ1n) is 1.62. The first-order chi connectivity index (χ1) is 2.89. The first-order valence-corrected chi connectivity index (χ1v) is 1.62. The van der Waals surface area contributed by atoms with E-state index in [9.17, 15) is 0 Å². The molecule has 1 aromatic heterocycles. The molecule has 1 rings (SSSR count). The van der Waals surface area contributed by atoms with E-state index in [2.05, 4.69) is 14.7 Å². The zero-order valence-corrected chi connectivity index (χ0v) is 3.38. The van der Waals surface area contributed by atoms with Crippen LogP contribution in [0.4, 0.5) is 0 Å². The fourth-order valence-corrected chi connectivity index (χ4v) is 0.223. The molecular formula is C3H4N2O. The molecule has 1 aromatic rings. The van der Waals surface area contributed by atoms with Gasteiger partial charge in [-0.05, 0) is 6.92 Å². The number of aromatic nitrogens is 2. The summed E-state index contributed by atoms with van der Waals surface area (Å²) in [5.74, 6) is 0.676. The van der Waals surface area contributed by atoms with Crippen molar-refractivity contribution in [2.24, 2.45) is 0 Å². The molecule has 32 valence electrons. The van der Waals surface area contributed by atoms with Crippen LogP contribution in [0.3, 0.4) is 0 Å². The number of hydrogen-bond acceptors (Lipinski definition) is 3. The van der Waals surface area contributed by atoms with Gasteiger partial charge in [-0.1, -0.05) is 5.16 Å². The van der Waals surface area contributed by atoms with E-state index in [0.717, 1.165) is 0 Å². The Morgan fingerprint density at radius 2 is 2.67 bits per heavy atom. The second kappa shape index (κ2) is 1.08. The maximum atomic E-state index is 4.35. The summed E-state index contributed by atoms with van der Waals surface area (Å²) in [5, 5.41) is 3.43. The van der Waals surface area contributed by atoms with Gasteiger partial charge in [-0.3, -0.25) is 0 Å². The molecule has 6 heavy (non-hydrogen) atoms. The maximum Gasteiger partial charge on any atom is 0.213 e. The quantitative estimate of drug-likeness (QED) is 0.456. The van der Waals surface area contributed by atoms with Gasteiger partial charge in [0.1, 0.15) is 0 Å². The van der Waals surface area contributed by atoms with Gasteiger partial charge >= 0.3 is 0 Å². The molecule has 0 fully saturated rings. The fraction of sp³-hybridized carbons (Fsp3) is 0.333. The molecule has 0 amide bonds. The fourth-order valence-electron chi connectivity index (χ4n) is 0.223. The molecule has 3 nitrogen and oxygen atoms in total. The molecule has 1 heterocycles. The van der Waals surface area contributed by atoms with Gasteiger partial charge in [0, 0.05) is 0 Å². The summed E-state index contributed by atoms with van der Waals surface area (Å²) in [7, 11) is 0. The maximum absolute atomic E-state index is 4.35. The molecule has 0 aliphatic rings. The Labute approximate surface area is 35.0 Å². The van der Waals surface area contributed by atoms with E-state index in [1.165, 1.54) is 6.39 Å². The predicted molar refractivity (Wildman–Crippen MR) is 19.0 cm³/mol. The average molecular weight is 84.1 g/mol. The first kappa shape index (κ1) is 3.33. The Morgan fingerprint density at radius 3 is 2.83 bits per heavy atom. The highest BCUT2D eigenvalue weighted by Gasteiger charge is 1.79. The van der Waals surface area contributed by atoms with Crippen LogP contribution in [-0.4, -0.2) is 10.1 Å². The van der Waals surface area contributed by atoms with Gasteiger partial charge in [0.25, 0.3) is 0 Å². The van der Waals surface area contributed by atoms with Gasteiger partial charge in [-0.15, -0.1) is 0 Å². The van der Waals surface area contributed by atoms with Crippen molar-refractivity contribution in [1.82, 2.24) is 10.1 Å². The van der Waals surface area contributed by atoms with E-state index >= 15 is 0 Å². The van der Waals surface area contributed by atoms with E-state index in [1.807, 2.05) is 0 Å². The van der Waals surface area contributed by atoms with Crippen molar-refractivity contribution in [3.05, 3.63) is 12.2 Å². The lowest BCUT2D eigenvalue weighted by atomic mass is 10.8. The van der Waals surface area contributed by atoms with Crippen LogP contribution in [-0.2, 0) is 0 Å². The van der Waals surface area contributed by atoms with Crippen molar-refractivity contribution >= 4 is 0 Å². The lowest BCUT2D eigenvalue weighted by Gasteiger charge is -1.60. The molecule has 0 atom stereocenters. The monoisotopic (exact) mass is 84.0 g/mol. The summed E-state index contributed by atoms with van der Waals surface area (Å²) in [5.41, 5.74) is 0. The van der Waals surface area contributed by atoms with E-state index in [-0.39, 0.29) is 0 Å². The highest BCUT2D eigenvalue weighted by Crippen LogP contribution is 1.78. The minimum atomic E-state index is 0.676. The Hall–Kier alpha value is -0.860. The Balaban J connectivity index is 3.05. The van der Waals surface area contributed by atoms with Crippen molar-refractivity contribution in [3.63, 3.8) is 0 Å². The molecule has 0 radical (unpaired) electrons. The predicted octanol–water partition coefficient (Wildman–Crippen LogP) is 0.378. The van der Waals surface area contributed by atoms with E-state index < -0.39 is 0 Å². The van der Waals surface area contributed by atoms with Crippen LogP contribution >= 0.6 is 0 Å². The van der Waals surface area contributed by atoms with Gasteiger partial charge < -0.3 is 4.52 Å². The van der Waals surface area contributed by atoms with Gasteiger partial charge in [0.2, 0.25) is 6.39 Å². The van der Waals surface area contributed by atoms with Crippen LogP contribution in [0.2, 0.25) is 0 Å². The highest BCUT2D eigenvalue weighted by atomic mass is 16.5. The van der Waals surface area contributed by atoms with Crippen LogP contribution in [0.15, 0.2) is 10.9 Å². The van der Waals surface area contributed by atoms with Crippen LogP contribution in [0.1, 0.15) is 5.82 Å². The minimum Gasteiger partial charge on any atom is -0.343 e. The normalized spacial score (nSPS) is 8.83. The summed E-state index contributed by atoms with van der Waals surface area (Å²) in [6.07, 6.45) is 1.30. The molecule has 0 aliphatic heterocycles. The largest absolute Gasteiger partial charge is 0.343 e. The SMILES string of the molecule is Cc1ncon1. The summed E-state index contributed by atoms with van der Waals surface area (Å²) < 4.78 is 4.35. The third-order valence-electron chi connectivity index (χ3n) is 0.471. The zero-order valence-electron chi connectivity index (χ0n) is 3.38. The van der Waals surface area contributed by atoms with Gasteiger partial charge in [0.15, 0.2) is 5.82 Å². The summed E-state index contributed by atoms with van der Waals surface area (Å²) >= 11 is 0. The van der Waals surface area contributed by atoms with Gasteiger partial charge in [-0.2, -0.15) is 4.98 Å². The minimum absolute atomic E-state index is 0.676. The number of nitrogens with zero attached hydrogens (tertiary/aromatic N) is 2. The third kappa shape index (κ3) is 0.381. The molecule has 0 aromatic carbocycles. The summed E-state index contributed by atoms with van der Waals surface area (Å²) in [6.45, 7) is 1.77. The summed E-state index contributed by atoms with van der Waals surface area (Å²) in [4.78, 5) is 3.64. The second-order valence-electron chi connectivity index (χ2n) is 0.978. The average Bonchev–Trinajstić information content (AvgIpc) is 1.86. The Bertz CT molecular complexity index is 112. The number of aryl methyl sites for hydroxylation is 1. The molecule has 0 bridgehead atoms. The van der Waals surface area contributed by atoms with E-state index in [4.69, 9.17) is 0 Å². The van der Waals surface area contributed by atoms with Crippen molar-refractivity contribution in [1.29, 1.82) is 0 Å². The second-order valence-corrected chi connectivity index (χ2v) is 0.978. The van der Waals surface area contributed by atoms with Crippen LogP contribution in [0, 0.1) is 6.92 Å². The van der Waals surface area contributed by atoms with E-state index in [0.29, 0.717) is 5.82 Å². The van der Waals surface area contributed by atoms with Crippen LogP contribution in [0.25, 0.3) is 0 Å². The van der Waals surface area contributed by atoms with Crippen LogP contribution in [0.5, 0.6) is 0 Å². The molecule has 0 saturated carbocycles. The number of rotatable bonds is 0. The van der Waals surface area contributed by atoms with Crippen LogP contribution < -0.4 is 0 Å².